The molecule has 318 valence electrons. The SMILES string of the molecule is CCCCCC(=O)O[C@H]1C(=O)[C@@]2(C)[C@H]([C@H](OC(=O)c3ccccc3)[C@]3(O)C[C@H](OC(=O)/C=C/c4ccc5ccccc5c4)C(C)=C1C3(C)C)[C@]1(OC(C)=O)CO[C@@H]1C[C@@H]2O. The first-order valence-electron chi connectivity index (χ1n) is 20.8. The smallest absolute Gasteiger partial charge is 0.338 e. The van der Waals surface area contributed by atoms with Gasteiger partial charge in [0, 0.05) is 37.7 Å². The molecule has 60 heavy (non-hydrogen) atoms. The summed E-state index contributed by atoms with van der Waals surface area (Å²) in [4.78, 5) is 70.4. The molecule has 0 amide bonds. The van der Waals surface area contributed by atoms with Gasteiger partial charge in [-0.2, -0.15) is 0 Å². The minimum atomic E-state index is -2.23. The molecule has 3 aromatic rings. The molecule has 12 nitrogen and oxygen atoms in total. The molecule has 7 rings (SSSR count). The van der Waals surface area contributed by atoms with Crippen molar-refractivity contribution in [1.82, 2.24) is 0 Å². The van der Waals surface area contributed by atoms with Crippen LogP contribution in [0.5, 0.6) is 0 Å². The van der Waals surface area contributed by atoms with Gasteiger partial charge >= 0.3 is 23.9 Å². The van der Waals surface area contributed by atoms with Gasteiger partial charge in [0.2, 0.25) is 0 Å². The highest BCUT2D eigenvalue weighted by atomic mass is 16.6. The van der Waals surface area contributed by atoms with Gasteiger partial charge in [-0.25, -0.2) is 9.59 Å². The Balaban J connectivity index is 1.40. The topological polar surface area (TPSA) is 172 Å². The number of carbonyl (C=O) groups excluding carboxylic acids is 5. The van der Waals surface area contributed by atoms with E-state index in [0.717, 1.165) is 29.2 Å². The van der Waals surface area contributed by atoms with E-state index in [4.69, 9.17) is 23.7 Å². The molecule has 4 aliphatic rings. The summed E-state index contributed by atoms with van der Waals surface area (Å²) in [6, 6.07) is 21.6. The number of fused-ring (bicyclic) bond motifs is 6. The number of benzene rings is 3. The summed E-state index contributed by atoms with van der Waals surface area (Å²) < 4.78 is 30.8. The molecule has 3 fully saturated rings. The van der Waals surface area contributed by atoms with Crippen LogP contribution in [0.25, 0.3) is 16.8 Å². The second kappa shape index (κ2) is 16.4. The van der Waals surface area contributed by atoms with Crippen LogP contribution in [0, 0.1) is 16.7 Å². The molecule has 0 radical (unpaired) electrons. The molecule has 2 N–H and O–H groups in total. The van der Waals surface area contributed by atoms with Crippen LogP contribution in [0.1, 0.15) is 96.0 Å². The van der Waals surface area contributed by atoms with Crippen molar-refractivity contribution in [3.05, 3.63) is 101 Å². The Kier molecular flexibility index (Phi) is 11.7. The van der Waals surface area contributed by atoms with Crippen molar-refractivity contribution < 1.29 is 57.9 Å². The molecule has 0 unspecified atom stereocenters. The minimum absolute atomic E-state index is 0.0000649. The molecule has 1 saturated heterocycles. The van der Waals surface area contributed by atoms with Gasteiger partial charge in [0.25, 0.3) is 0 Å². The number of unbranched alkanes of at least 4 members (excludes halogenated alkanes) is 2. The summed E-state index contributed by atoms with van der Waals surface area (Å²) in [6.45, 7) is 9.41. The second-order valence-electron chi connectivity index (χ2n) is 17.5. The third kappa shape index (κ3) is 7.26. The Labute approximate surface area is 349 Å². The van der Waals surface area contributed by atoms with Crippen molar-refractivity contribution in [2.75, 3.05) is 6.61 Å². The lowest BCUT2D eigenvalue weighted by Gasteiger charge is -2.67. The van der Waals surface area contributed by atoms with Crippen molar-refractivity contribution in [3.8, 4) is 0 Å². The van der Waals surface area contributed by atoms with Crippen LogP contribution in [0.4, 0.5) is 0 Å². The van der Waals surface area contributed by atoms with Gasteiger partial charge in [-0.1, -0.05) is 88.2 Å². The van der Waals surface area contributed by atoms with Crippen molar-refractivity contribution in [3.63, 3.8) is 0 Å². The summed E-state index contributed by atoms with van der Waals surface area (Å²) in [5.74, 6) is -5.20. The summed E-state index contributed by atoms with van der Waals surface area (Å²) >= 11 is 0. The number of Topliss-reactive ketones (excluding diaryl/α,β-unsaturated/α-hetero) is 1. The Hall–Kier alpha value is -5.17. The number of ketones is 1. The lowest BCUT2D eigenvalue weighted by Crippen LogP contribution is -2.82. The maximum atomic E-state index is 15.7. The standard InChI is InChI=1S/C48H54O12/c1-7-8-10-19-37(51)58-40-39-28(2)34(57-38(52)23-21-30-20-22-31-15-13-14-18-33(31)24-30)26-48(55,45(39,4)5)43(59-44(54)32-16-11-9-12-17-32)41-46(6,42(40)53)35(50)25-36-47(41,27-56-36)60-29(3)49/h9,11-18,20-24,34-36,40-41,43,50,55H,7-8,10,19,25-27H2,1-6H3/b23-21+/t34-,35-,36+,40+,41-,43-,46+,47-,48+/m0/s1. The van der Waals surface area contributed by atoms with Gasteiger partial charge in [0.1, 0.15) is 23.9 Å². The van der Waals surface area contributed by atoms with Gasteiger partial charge in [-0.3, -0.25) is 14.4 Å². The predicted molar refractivity (Wildman–Crippen MR) is 220 cm³/mol. The molecule has 3 aliphatic carbocycles. The third-order valence-corrected chi connectivity index (χ3v) is 13.6. The molecule has 9 atom stereocenters. The second-order valence-corrected chi connectivity index (χ2v) is 17.5. The zero-order valence-electron chi connectivity index (χ0n) is 35.0. The highest BCUT2D eigenvalue weighted by molar-refractivity contribution is 5.96. The molecule has 2 bridgehead atoms. The first-order chi connectivity index (χ1) is 28.5. The van der Waals surface area contributed by atoms with Crippen LogP contribution in [0.15, 0.2) is 90.0 Å². The van der Waals surface area contributed by atoms with E-state index in [1.54, 1.807) is 45.0 Å². The van der Waals surface area contributed by atoms with Crippen LogP contribution in [0.2, 0.25) is 0 Å². The van der Waals surface area contributed by atoms with Crippen LogP contribution in [-0.2, 0) is 42.9 Å². The number of hydrogen-bond donors (Lipinski definition) is 2. The van der Waals surface area contributed by atoms with Crippen molar-refractivity contribution in [2.24, 2.45) is 16.7 Å². The average Bonchev–Trinajstić information content (AvgIpc) is 3.21. The number of hydrogen-bond acceptors (Lipinski definition) is 12. The Morgan fingerprint density at radius 1 is 0.917 bits per heavy atom. The fourth-order valence-electron chi connectivity index (χ4n) is 10.2. The number of aliphatic hydroxyl groups is 2. The van der Waals surface area contributed by atoms with Gasteiger partial charge < -0.3 is 33.9 Å². The van der Waals surface area contributed by atoms with E-state index in [1.807, 2.05) is 49.4 Å². The maximum absolute atomic E-state index is 15.7. The molecule has 1 aliphatic heterocycles. The largest absolute Gasteiger partial charge is 0.455 e. The summed E-state index contributed by atoms with van der Waals surface area (Å²) in [7, 11) is 0. The monoisotopic (exact) mass is 822 g/mol. The minimum Gasteiger partial charge on any atom is -0.455 e. The average molecular weight is 823 g/mol. The van der Waals surface area contributed by atoms with Gasteiger partial charge in [-0.05, 0) is 72.0 Å². The Morgan fingerprint density at radius 3 is 2.28 bits per heavy atom. The highest BCUT2D eigenvalue weighted by Gasteiger charge is 2.78. The molecule has 0 spiro atoms. The predicted octanol–water partition coefficient (Wildman–Crippen LogP) is 6.63. The van der Waals surface area contributed by atoms with Crippen molar-refractivity contribution in [2.45, 2.75) is 122 Å². The summed E-state index contributed by atoms with van der Waals surface area (Å²) in [5, 5.41) is 27.8. The van der Waals surface area contributed by atoms with Gasteiger partial charge in [-0.15, -0.1) is 0 Å². The third-order valence-electron chi connectivity index (χ3n) is 13.6. The van der Waals surface area contributed by atoms with Gasteiger partial charge in [0.05, 0.1) is 29.6 Å². The maximum Gasteiger partial charge on any atom is 0.338 e. The highest BCUT2D eigenvalue weighted by Crippen LogP contribution is 2.64. The summed E-state index contributed by atoms with van der Waals surface area (Å²) in [5.41, 5.74) is -6.03. The zero-order chi connectivity index (χ0) is 43.2. The summed E-state index contributed by atoms with van der Waals surface area (Å²) in [6.07, 6.45) is -2.60. The van der Waals surface area contributed by atoms with E-state index in [1.165, 1.54) is 32.1 Å². The molecule has 3 aromatic carbocycles. The van der Waals surface area contributed by atoms with E-state index >= 15 is 4.79 Å². The number of carbonyl (C=O) groups is 5. The molecule has 2 saturated carbocycles. The fraction of sp³-hybridized carbons (Fsp3) is 0.479. The Morgan fingerprint density at radius 2 is 1.62 bits per heavy atom. The number of aliphatic hydroxyl groups excluding tert-OH is 1. The van der Waals surface area contributed by atoms with Crippen LogP contribution in [-0.4, -0.2) is 88.2 Å². The molecular weight excluding hydrogens is 769 g/mol. The van der Waals surface area contributed by atoms with E-state index in [-0.39, 0.29) is 37.0 Å². The lowest BCUT2D eigenvalue weighted by molar-refractivity contribution is -0.346. The number of rotatable bonds is 11. The van der Waals surface area contributed by atoms with Gasteiger partial charge in [0.15, 0.2) is 17.5 Å². The van der Waals surface area contributed by atoms with Crippen molar-refractivity contribution >= 4 is 46.5 Å². The van der Waals surface area contributed by atoms with E-state index in [9.17, 15) is 29.4 Å². The molecular formula is C48H54O12. The lowest BCUT2D eigenvalue weighted by atomic mass is 9.44. The van der Waals surface area contributed by atoms with E-state index < -0.39 is 88.1 Å². The van der Waals surface area contributed by atoms with Crippen molar-refractivity contribution in [1.29, 1.82) is 0 Å². The Bertz CT molecular complexity index is 2240. The van der Waals surface area contributed by atoms with E-state index in [0.29, 0.717) is 12.0 Å². The van der Waals surface area contributed by atoms with Crippen LogP contribution in [0.3, 0.4) is 0 Å². The number of esters is 4. The molecule has 12 heteroatoms. The van der Waals surface area contributed by atoms with Crippen LogP contribution < -0.4 is 0 Å². The first-order valence-corrected chi connectivity index (χ1v) is 20.8. The molecule has 0 aromatic heterocycles. The zero-order valence-corrected chi connectivity index (χ0v) is 35.0. The molecule has 1 heterocycles. The fourth-order valence-corrected chi connectivity index (χ4v) is 10.2. The van der Waals surface area contributed by atoms with Crippen LogP contribution >= 0.6 is 0 Å². The number of ether oxygens (including phenoxy) is 5. The quantitative estimate of drug-likeness (QED) is 0.0697. The van der Waals surface area contributed by atoms with E-state index in [2.05, 4.69) is 0 Å². The normalized spacial score (nSPS) is 31.8. The first kappa shape index (κ1) is 42.9.